The summed E-state index contributed by atoms with van der Waals surface area (Å²) in [5.74, 6) is -2.25. The van der Waals surface area contributed by atoms with Crippen molar-refractivity contribution in [1.29, 1.82) is 0 Å². The number of hydrogen-bond acceptors (Lipinski definition) is 2. The lowest BCUT2D eigenvalue weighted by Gasteiger charge is -2.25. The maximum absolute atomic E-state index is 14.2. The summed E-state index contributed by atoms with van der Waals surface area (Å²) in [6.45, 7) is 0.164. The Balaban J connectivity index is 1.94. The first-order valence-corrected chi connectivity index (χ1v) is 7.53. The first-order valence-electron chi connectivity index (χ1n) is 7.53. The summed E-state index contributed by atoms with van der Waals surface area (Å²) in [6.07, 6.45) is -0.0537. The highest BCUT2D eigenvalue weighted by Gasteiger charge is 2.38. The second kappa shape index (κ2) is 6.39. The molecule has 1 atom stereocenters. The van der Waals surface area contributed by atoms with Crippen LogP contribution in [-0.2, 0) is 11.3 Å². The van der Waals surface area contributed by atoms with Gasteiger partial charge in [0, 0.05) is 24.1 Å². The Labute approximate surface area is 137 Å². The van der Waals surface area contributed by atoms with Crippen molar-refractivity contribution in [1.82, 2.24) is 4.90 Å². The van der Waals surface area contributed by atoms with E-state index in [-0.39, 0.29) is 42.2 Å². The zero-order chi connectivity index (χ0) is 17.3. The van der Waals surface area contributed by atoms with Crippen LogP contribution in [0.25, 0.3) is 0 Å². The summed E-state index contributed by atoms with van der Waals surface area (Å²) in [5, 5.41) is 8.92. The number of hydrogen-bond donors (Lipinski definition) is 1. The molecule has 1 heterocycles. The average Bonchev–Trinajstić information content (AvgIpc) is 2.81. The zero-order valence-corrected chi connectivity index (χ0v) is 12.7. The Morgan fingerprint density at radius 2 is 1.83 bits per heavy atom. The van der Waals surface area contributed by atoms with E-state index >= 15 is 0 Å². The molecule has 0 aliphatic carbocycles. The molecule has 2 aromatic carbocycles. The normalized spacial score (nSPS) is 16.3. The molecule has 0 saturated carbocycles. The summed E-state index contributed by atoms with van der Waals surface area (Å²) in [6, 6.07) is 9.30. The van der Waals surface area contributed by atoms with Crippen molar-refractivity contribution in [2.24, 2.45) is 0 Å². The van der Waals surface area contributed by atoms with Crippen LogP contribution in [0.3, 0.4) is 0 Å². The van der Waals surface area contributed by atoms with Crippen LogP contribution < -0.4 is 0 Å². The first kappa shape index (κ1) is 16.1. The molecule has 1 aliphatic heterocycles. The number of carbonyl (C=O) groups excluding carboxylic acids is 1. The molecule has 0 radical (unpaired) electrons. The molecule has 124 valence electrons. The number of rotatable bonds is 5. The average molecular weight is 331 g/mol. The summed E-state index contributed by atoms with van der Waals surface area (Å²) in [4.78, 5) is 25.0. The van der Waals surface area contributed by atoms with E-state index in [9.17, 15) is 18.4 Å². The van der Waals surface area contributed by atoms with Crippen molar-refractivity contribution >= 4 is 11.9 Å². The second-order valence-corrected chi connectivity index (χ2v) is 5.71. The Morgan fingerprint density at radius 1 is 1.12 bits per heavy atom. The highest BCUT2D eigenvalue weighted by atomic mass is 19.1. The standard InChI is InChI=1S/C18H15F2NO3/c19-12-6-4-11(5-7-12)10-21-15(8-9-16(22)23)17-13(18(21)24)2-1-3-14(17)20/h1-7,15H,8-10H2,(H,22,23). The SMILES string of the molecule is O=C(O)CCC1c2c(F)cccc2C(=O)N1Cc1ccc(F)cc1. The summed E-state index contributed by atoms with van der Waals surface area (Å²) >= 11 is 0. The highest BCUT2D eigenvalue weighted by molar-refractivity contribution is 5.99. The number of fused-ring (bicyclic) bond motifs is 1. The molecule has 24 heavy (non-hydrogen) atoms. The van der Waals surface area contributed by atoms with Crippen LogP contribution in [-0.4, -0.2) is 21.9 Å². The number of benzene rings is 2. The number of carboxylic acids is 1. The Bertz CT molecular complexity index is 789. The van der Waals surface area contributed by atoms with Crippen LogP contribution in [0.1, 0.15) is 40.4 Å². The van der Waals surface area contributed by atoms with Crippen LogP contribution in [0.15, 0.2) is 42.5 Å². The Hall–Kier alpha value is -2.76. The molecule has 0 saturated heterocycles. The number of halogens is 2. The molecule has 0 spiro atoms. The fourth-order valence-electron chi connectivity index (χ4n) is 3.04. The predicted octanol–water partition coefficient (Wildman–Crippen LogP) is 3.53. The fraction of sp³-hybridized carbons (Fsp3) is 0.222. The summed E-state index contributed by atoms with van der Waals surface area (Å²) in [7, 11) is 0. The minimum absolute atomic E-state index is 0.121. The molecule has 1 amide bonds. The molecule has 0 aromatic heterocycles. The molecular weight excluding hydrogens is 316 g/mol. The summed E-state index contributed by atoms with van der Waals surface area (Å²) in [5.41, 5.74) is 1.19. The largest absolute Gasteiger partial charge is 0.481 e. The van der Waals surface area contributed by atoms with Gasteiger partial charge in [0.25, 0.3) is 5.91 Å². The van der Waals surface area contributed by atoms with E-state index in [2.05, 4.69) is 0 Å². The quantitative estimate of drug-likeness (QED) is 0.912. The number of aliphatic carboxylic acids is 1. The maximum atomic E-state index is 14.2. The van der Waals surface area contributed by atoms with E-state index in [1.807, 2.05) is 0 Å². The smallest absolute Gasteiger partial charge is 0.303 e. The van der Waals surface area contributed by atoms with Gasteiger partial charge in [-0.2, -0.15) is 0 Å². The predicted molar refractivity (Wildman–Crippen MR) is 82.3 cm³/mol. The molecule has 1 aliphatic rings. The Kier molecular flexibility index (Phi) is 4.29. The highest BCUT2D eigenvalue weighted by Crippen LogP contribution is 2.39. The van der Waals surface area contributed by atoms with Crippen LogP contribution >= 0.6 is 0 Å². The van der Waals surface area contributed by atoms with E-state index in [4.69, 9.17) is 5.11 Å². The van der Waals surface area contributed by atoms with Crippen LogP contribution in [0.4, 0.5) is 8.78 Å². The monoisotopic (exact) mass is 331 g/mol. The molecule has 6 heteroatoms. The minimum Gasteiger partial charge on any atom is -0.481 e. The Morgan fingerprint density at radius 3 is 2.50 bits per heavy atom. The van der Waals surface area contributed by atoms with E-state index in [0.717, 1.165) is 0 Å². The molecule has 1 N–H and O–H groups in total. The minimum atomic E-state index is -1.01. The molecule has 2 aromatic rings. The van der Waals surface area contributed by atoms with Crippen LogP contribution in [0.2, 0.25) is 0 Å². The van der Waals surface area contributed by atoms with Crippen molar-refractivity contribution in [3.63, 3.8) is 0 Å². The van der Waals surface area contributed by atoms with Crippen molar-refractivity contribution in [2.75, 3.05) is 0 Å². The molecule has 3 rings (SSSR count). The number of nitrogens with zero attached hydrogens (tertiary/aromatic N) is 1. The third-order valence-corrected chi connectivity index (χ3v) is 4.15. The van der Waals surface area contributed by atoms with Gasteiger partial charge < -0.3 is 10.0 Å². The molecule has 0 bridgehead atoms. The van der Waals surface area contributed by atoms with Gasteiger partial charge in [0.1, 0.15) is 11.6 Å². The van der Waals surface area contributed by atoms with Crippen LogP contribution in [0, 0.1) is 11.6 Å². The molecule has 1 unspecified atom stereocenters. The van der Waals surface area contributed by atoms with Gasteiger partial charge in [-0.05, 0) is 36.2 Å². The van der Waals surface area contributed by atoms with Crippen molar-refractivity contribution in [3.8, 4) is 0 Å². The summed E-state index contributed by atoms with van der Waals surface area (Å²) < 4.78 is 27.3. The molecule has 4 nitrogen and oxygen atoms in total. The zero-order valence-electron chi connectivity index (χ0n) is 12.7. The first-order chi connectivity index (χ1) is 11.5. The second-order valence-electron chi connectivity index (χ2n) is 5.71. The topological polar surface area (TPSA) is 57.6 Å². The van der Waals surface area contributed by atoms with E-state index in [1.165, 1.54) is 29.2 Å². The van der Waals surface area contributed by atoms with Gasteiger partial charge in [0.05, 0.1) is 6.04 Å². The fourth-order valence-corrected chi connectivity index (χ4v) is 3.04. The number of amides is 1. The van der Waals surface area contributed by atoms with Gasteiger partial charge in [0.2, 0.25) is 0 Å². The molecular formula is C18H15F2NO3. The van der Waals surface area contributed by atoms with Gasteiger partial charge in [-0.1, -0.05) is 18.2 Å². The number of carbonyl (C=O) groups is 2. The van der Waals surface area contributed by atoms with Gasteiger partial charge >= 0.3 is 5.97 Å². The van der Waals surface area contributed by atoms with Gasteiger partial charge in [0.15, 0.2) is 0 Å². The third-order valence-electron chi connectivity index (χ3n) is 4.15. The van der Waals surface area contributed by atoms with Gasteiger partial charge in [-0.3, -0.25) is 9.59 Å². The molecule has 0 fully saturated rings. The van der Waals surface area contributed by atoms with E-state index < -0.39 is 17.8 Å². The third kappa shape index (κ3) is 2.99. The van der Waals surface area contributed by atoms with Crippen LogP contribution in [0.5, 0.6) is 0 Å². The lowest BCUT2D eigenvalue weighted by Crippen LogP contribution is -2.28. The van der Waals surface area contributed by atoms with Gasteiger partial charge in [-0.25, -0.2) is 8.78 Å². The maximum Gasteiger partial charge on any atom is 0.303 e. The lowest BCUT2D eigenvalue weighted by molar-refractivity contribution is -0.137. The van der Waals surface area contributed by atoms with Gasteiger partial charge in [-0.15, -0.1) is 0 Å². The van der Waals surface area contributed by atoms with Crippen molar-refractivity contribution in [3.05, 3.63) is 70.8 Å². The van der Waals surface area contributed by atoms with Crippen molar-refractivity contribution in [2.45, 2.75) is 25.4 Å². The van der Waals surface area contributed by atoms with E-state index in [1.54, 1.807) is 18.2 Å². The van der Waals surface area contributed by atoms with E-state index in [0.29, 0.717) is 5.56 Å². The number of carboxylic acid groups (broad SMARTS) is 1. The van der Waals surface area contributed by atoms with Crippen molar-refractivity contribution < 1.29 is 23.5 Å². The lowest BCUT2D eigenvalue weighted by atomic mass is 10.00.